The molecule has 0 radical (unpaired) electrons. The number of aliphatic carboxylic acids is 1. The number of rotatable bonds is 8. The molecule has 0 aliphatic rings. The van der Waals surface area contributed by atoms with Crippen LogP contribution in [0.15, 0.2) is 72.8 Å². The Bertz CT molecular complexity index is 1280. The van der Waals surface area contributed by atoms with Crippen LogP contribution in [0.1, 0.15) is 27.3 Å². The molecular formula is C26H25N3O4. The van der Waals surface area contributed by atoms with Crippen LogP contribution < -0.4 is 4.74 Å². The molecule has 168 valence electrons. The van der Waals surface area contributed by atoms with E-state index in [1.807, 2.05) is 43.3 Å². The number of fused-ring (bicyclic) bond motifs is 1. The van der Waals surface area contributed by atoms with Crippen LogP contribution in [0.25, 0.3) is 11.0 Å². The highest BCUT2D eigenvalue weighted by atomic mass is 16.5. The van der Waals surface area contributed by atoms with E-state index < -0.39 is 12.5 Å². The Morgan fingerprint density at radius 2 is 1.73 bits per heavy atom. The molecule has 1 amide bonds. The Kier molecular flexibility index (Phi) is 6.40. The van der Waals surface area contributed by atoms with E-state index in [1.165, 1.54) is 4.90 Å². The average Bonchev–Trinajstić information content (AvgIpc) is 3.13. The summed E-state index contributed by atoms with van der Waals surface area (Å²) in [6, 6.07) is 22.6. The monoisotopic (exact) mass is 443 g/mol. The minimum atomic E-state index is -1.07. The fourth-order valence-corrected chi connectivity index (χ4v) is 3.85. The van der Waals surface area contributed by atoms with E-state index in [-0.39, 0.29) is 12.5 Å². The molecule has 1 heterocycles. The van der Waals surface area contributed by atoms with E-state index in [0.717, 1.165) is 22.5 Å². The number of carbonyl (C=O) groups excluding carboxylic acids is 1. The Morgan fingerprint density at radius 3 is 2.39 bits per heavy atom. The number of carboxylic acids is 1. The molecule has 1 N–H and O–H groups in total. The third-order valence-electron chi connectivity index (χ3n) is 5.52. The first-order chi connectivity index (χ1) is 15.9. The third-order valence-corrected chi connectivity index (χ3v) is 5.52. The highest BCUT2D eigenvalue weighted by molar-refractivity contribution is 5.98. The zero-order valence-electron chi connectivity index (χ0n) is 18.6. The van der Waals surface area contributed by atoms with Crippen molar-refractivity contribution < 1.29 is 19.4 Å². The van der Waals surface area contributed by atoms with Crippen molar-refractivity contribution in [3.8, 4) is 5.75 Å². The predicted molar refractivity (Wildman–Crippen MR) is 125 cm³/mol. The fraction of sp³-hybridized carbons (Fsp3) is 0.192. The van der Waals surface area contributed by atoms with Crippen LogP contribution in [0, 0.1) is 6.92 Å². The van der Waals surface area contributed by atoms with Gasteiger partial charge in [0.2, 0.25) is 0 Å². The summed E-state index contributed by atoms with van der Waals surface area (Å²) in [5.41, 5.74) is 4.00. The maximum Gasteiger partial charge on any atom is 0.323 e. The number of benzene rings is 3. The second-order valence-corrected chi connectivity index (χ2v) is 7.84. The van der Waals surface area contributed by atoms with Crippen LogP contribution in [0.2, 0.25) is 0 Å². The van der Waals surface area contributed by atoms with Crippen molar-refractivity contribution in [2.45, 2.75) is 20.0 Å². The quantitative estimate of drug-likeness (QED) is 0.443. The van der Waals surface area contributed by atoms with E-state index in [1.54, 1.807) is 31.4 Å². The van der Waals surface area contributed by atoms with Gasteiger partial charge in [-0.2, -0.15) is 0 Å². The van der Waals surface area contributed by atoms with Crippen LogP contribution in [0.5, 0.6) is 5.75 Å². The molecule has 0 unspecified atom stereocenters. The van der Waals surface area contributed by atoms with E-state index in [4.69, 9.17) is 4.74 Å². The van der Waals surface area contributed by atoms with E-state index in [2.05, 4.69) is 21.7 Å². The summed E-state index contributed by atoms with van der Waals surface area (Å²) in [5.74, 6) is 0.118. The number of imidazole rings is 1. The molecule has 0 saturated heterocycles. The predicted octanol–water partition coefficient (Wildman–Crippen LogP) is 4.13. The van der Waals surface area contributed by atoms with Crippen LogP contribution in [0.3, 0.4) is 0 Å². The molecular weight excluding hydrogens is 418 g/mol. The van der Waals surface area contributed by atoms with Crippen molar-refractivity contribution in [3.63, 3.8) is 0 Å². The topological polar surface area (TPSA) is 84.7 Å². The first kappa shape index (κ1) is 22.1. The number of aromatic nitrogens is 2. The lowest BCUT2D eigenvalue weighted by Gasteiger charge is -2.21. The number of ether oxygens (including phenoxy) is 1. The molecule has 0 bridgehead atoms. The van der Waals surface area contributed by atoms with Gasteiger partial charge in [0.15, 0.2) is 0 Å². The van der Waals surface area contributed by atoms with Gasteiger partial charge in [0.05, 0.1) is 18.1 Å². The zero-order valence-corrected chi connectivity index (χ0v) is 18.6. The Hall–Kier alpha value is -4.13. The number of nitrogens with zero attached hydrogens (tertiary/aromatic N) is 3. The minimum absolute atomic E-state index is 0.175. The molecule has 0 atom stereocenters. The number of carbonyl (C=O) groups is 2. The van der Waals surface area contributed by atoms with Crippen LogP contribution >= 0.6 is 0 Å². The maximum atomic E-state index is 13.2. The normalized spacial score (nSPS) is 10.8. The molecule has 4 aromatic rings. The summed E-state index contributed by atoms with van der Waals surface area (Å²) in [6.07, 6.45) is 0. The molecule has 1 aromatic heterocycles. The molecule has 0 aliphatic carbocycles. The molecule has 0 saturated carbocycles. The van der Waals surface area contributed by atoms with Gasteiger partial charge in [0.25, 0.3) is 5.91 Å². The van der Waals surface area contributed by atoms with Crippen molar-refractivity contribution >= 4 is 22.9 Å². The Balaban J connectivity index is 1.61. The van der Waals surface area contributed by atoms with Gasteiger partial charge in [-0.15, -0.1) is 0 Å². The average molecular weight is 444 g/mol. The Morgan fingerprint density at radius 1 is 1.00 bits per heavy atom. The van der Waals surface area contributed by atoms with Crippen LogP contribution in [-0.4, -0.2) is 45.1 Å². The molecule has 3 aromatic carbocycles. The lowest BCUT2D eigenvalue weighted by atomic mass is 10.1. The molecule has 7 nitrogen and oxygen atoms in total. The lowest BCUT2D eigenvalue weighted by molar-refractivity contribution is -0.137. The fourth-order valence-electron chi connectivity index (χ4n) is 3.85. The van der Waals surface area contributed by atoms with Gasteiger partial charge in [-0.05, 0) is 48.4 Å². The van der Waals surface area contributed by atoms with Crippen LogP contribution in [-0.2, 0) is 17.9 Å². The SMILES string of the molecule is COc1ccc(CN(CC(=O)O)C(=O)c2ccc3c(c2)nc(C)n3Cc2ccccc2)cc1. The lowest BCUT2D eigenvalue weighted by Crippen LogP contribution is -2.35. The van der Waals surface area contributed by atoms with Gasteiger partial charge in [0.1, 0.15) is 18.1 Å². The largest absolute Gasteiger partial charge is 0.497 e. The third kappa shape index (κ3) is 5.03. The van der Waals surface area contributed by atoms with Gasteiger partial charge in [-0.25, -0.2) is 4.98 Å². The summed E-state index contributed by atoms with van der Waals surface area (Å²) < 4.78 is 7.26. The molecule has 0 spiro atoms. The van der Waals surface area contributed by atoms with E-state index in [0.29, 0.717) is 23.4 Å². The summed E-state index contributed by atoms with van der Waals surface area (Å²) in [7, 11) is 1.58. The van der Waals surface area contributed by atoms with E-state index in [9.17, 15) is 14.7 Å². The van der Waals surface area contributed by atoms with Gasteiger partial charge < -0.3 is 19.3 Å². The summed E-state index contributed by atoms with van der Waals surface area (Å²) in [5, 5.41) is 9.36. The molecule has 0 aliphatic heterocycles. The van der Waals surface area contributed by atoms with Gasteiger partial charge in [0, 0.05) is 18.7 Å². The van der Waals surface area contributed by atoms with Crippen LogP contribution in [0.4, 0.5) is 0 Å². The van der Waals surface area contributed by atoms with Crippen molar-refractivity contribution in [2.24, 2.45) is 0 Å². The highest BCUT2D eigenvalue weighted by Crippen LogP contribution is 2.21. The first-order valence-corrected chi connectivity index (χ1v) is 10.6. The van der Waals surface area contributed by atoms with Crippen molar-refractivity contribution in [1.29, 1.82) is 0 Å². The number of methoxy groups -OCH3 is 1. The number of hydrogen-bond acceptors (Lipinski definition) is 4. The van der Waals surface area contributed by atoms with Crippen molar-refractivity contribution in [1.82, 2.24) is 14.5 Å². The molecule has 7 heteroatoms. The number of carboxylic acid groups (broad SMARTS) is 1. The van der Waals surface area contributed by atoms with Crippen molar-refractivity contribution in [2.75, 3.05) is 13.7 Å². The summed E-state index contributed by atoms with van der Waals surface area (Å²) in [6.45, 7) is 2.39. The standard InChI is InChI=1S/C26H25N3O4/c1-18-27-23-14-21(10-13-24(23)29(18)16-19-6-4-3-5-7-19)26(32)28(17-25(30)31)15-20-8-11-22(33-2)12-9-20/h3-14H,15-17H2,1-2H3,(H,30,31). The second-order valence-electron chi connectivity index (χ2n) is 7.84. The molecule has 0 fully saturated rings. The van der Waals surface area contributed by atoms with Gasteiger partial charge in [-0.3, -0.25) is 9.59 Å². The number of aryl methyl sites for hydroxylation is 1. The smallest absolute Gasteiger partial charge is 0.323 e. The van der Waals surface area contributed by atoms with Gasteiger partial charge in [-0.1, -0.05) is 42.5 Å². The maximum absolute atomic E-state index is 13.2. The highest BCUT2D eigenvalue weighted by Gasteiger charge is 2.20. The minimum Gasteiger partial charge on any atom is -0.497 e. The Labute approximate surface area is 191 Å². The summed E-state index contributed by atoms with van der Waals surface area (Å²) in [4.78, 5) is 30.6. The van der Waals surface area contributed by atoms with Crippen molar-refractivity contribution in [3.05, 3.63) is 95.3 Å². The zero-order chi connectivity index (χ0) is 23.4. The summed E-state index contributed by atoms with van der Waals surface area (Å²) >= 11 is 0. The van der Waals surface area contributed by atoms with Gasteiger partial charge >= 0.3 is 5.97 Å². The first-order valence-electron chi connectivity index (χ1n) is 10.6. The number of hydrogen-bond donors (Lipinski definition) is 1. The molecule has 33 heavy (non-hydrogen) atoms. The second kappa shape index (κ2) is 9.56. The number of amides is 1. The van der Waals surface area contributed by atoms with E-state index >= 15 is 0 Å². The molecule has 4 rings (SSSR count).